The smallest absolute Gasteiger partial charge is 0.261 e. The number of hydrogen-bond donors (Lipinski definition) is 1. The number of benzene rings is 2. The quantitative estimate of drug-likeness (QED) is 0.554. The van der Waals surface area contributed by atoms with E-state index < -0.39 is 6.10 Å². The van der Waals surface area contributed by atoms with Gasteiger partial charge >= 0.3 is 0 Å². The van der Waals surface area contributed by atoms with Crippen LogP contribution in [0.15, 0.2) is 48.5 Å². The van der Waals surface area contributed by atoms with Crippen molar-refractivity contribution in [3.05, 3.63) is 59.7 Å². The molecule has 158 valence electrons. The summed E-state index contributed by atoms with van der Waals surface area (Å²) >= 11 is 0. The molecule has 0 saturated heterocycles. The van der Waals surface area contributed by atoms with E-state index in [-0.39, 0.29) is 11.3 Å². The van der Waals surface area contributed by atoms with Gasteiger partial charge in [-0.15, -0.1) is 0 Å². The molecule has 0 aliphatic carbocycles. The fraction of sp³-hybridized carbons (Fsp3) is 0.480. The van der Waals surface area contributed by atoms with E-state index >= 15 is 0 Å². The molecule has 0 aromatic heterocycles. The molecular formula is C25H35NO3. The molecule has 0 aliphatic heterocycles. The number of aryl methyl sites for hydroxylation is 1. The second-order valence-electron chi connectivity index (χ2n) is 8.22. The van der Waals surface area contributed by atoms with Gasteiger partial charge in [-0.2, -0.15) is 0 Å². The van der Waals surface area contributed by atoms with Crippen LogP contribution in [0.5, 0.6) is 11.5 Å². The van der Waals surface area contributed by atoms with Gasteiger partial charge < -0.3 is 14.8 Å². The molecule has 1 amide bonds. The zero-order valence-electron chi connectivity index (χ0n) is 18.5. The number of nitrogens with one attached hydrogen (secondary N) is 1. The molecule has 0 aliphatic rings. The van der Waals surface area contributed by atoms with E-state index in [2.05, 4.69) is 44.3 Å². The lowest BCUT2D eigenvalue weighted by molar-refractivity contribution is -0.128. The molecule has 0 spiro atoms. The largest absolute Gasteiger partial charge is 0.494 e. The number of amides is 1. The second kappa shape index (κ2) is 10.9. The molecule has 2 aromatic carbocycles. The van der Waals surface area contributed by atoms with Gasteiger partial charge in [-0.3, -0.25) is 4.79 Å². The van der Waals surface area contributed by atoms with E-state index in [9.17, 15) is 4.79 Å². The summed E-state index contributed by atoms with van der Waals surface area (Å²) < 4.78 is 11.6. The second-order valence-corrected chi connectivity index (χ2v) is 8.22. The highest BCUT2D eigenvalue weighted by Gasteiger charge is 2.19. The average molecular weight is 398 g/mol. The van der Waals surface area contributed by atoms with Crippen molar-refractivity contribution in [1.82, 2.24) is 5.32 Å². The molecule has 0 radical (unpaired) electrons. The van der Waals surface area contributed by atoms with Gasteiger partial charge in [0.2, 0.25) is 0 Å². The van der Waals surface area contributed by atoms with Crippen molar-refractivity contribution < 1.29 is 14.3 Å². The van der Waals surface area contributed by atoms with Gasteiger partial charge in [0.1, 0.15) is 11.5 Å². The molecular weight excluding hydrogens is 362 g/mol. The molecule has 1 unspecified atom stereocenters. The number of ether oxygens (including phenoxy) is 2. The molecule has 4 nitrogen and oxygen atoms in total. The first-order valence-electron chi connectivity index (χ1n) is 10.6. The Labute approximate surface area is 175 Å². The van der Waals surface area contributed by atoms with Gasteiger partial charge in [-0.25, -0.2) is 0 Å². The topological polar surface area (TPSA) is 47.6 Å². The lowest BCUT2D eigenvalue weighted by Crippen LogP contribution is -2.38. The normalized spacial score (nSPS) is 12.3. The summed E-state index contributed by atoms with van der Waals surface area (Å²) in [6.07, 6.45) is 1.86. The van der Waals surface area contributed by atoms with E-state index in [1.807, 2.05) is 44.2 Å². The maximum atomic E-state index is 12.5. The summed E-state index contributed by atoms with van der Waals surface area (Å²) in [6.45, 7) is 11.8. The van der Waals surface area contributed by atoms with Crippen LogP contribution in [0.1, 0.15) is 58.6 Å². The van der Waals surface area contributed by atoms with Crippen LogP contribution in [-0.4, -0.2) is 25.2 Å². The van der Waals surface area contributed by atoms with Crippen LogP contribution in [0, 0.1) is 0 Å². The Morgan fingerprint density at radius 1 is 1.03 bits per heavy atom. The minimum Gasteiger partial charge on any atom is -0.494 e. The lowest BCUT2D eigenvalue weighted by atomic mass is 9.87. The maximum absolute atomic E-state index is 12.5. The number of para-hydroxylation sites is 1. The fourth-order valence-electron chi connectivity index (χ4n) is 3.13. The Kier molecular flexibility index (Phi) is 8.56. The molecule has 4 heteroatoms. The summed E-state index contributed by atoms with van der Waals surface area (Å²) in [5, 5.41) is 3.01. The third kappa shape index (κ3) is 7.12. The Bertz CT molecular complexity index is 762. The Balaban J connectivity index is 1.82. The number of rotatable bonds is 10. The van der Waals surface area contributed by atoms with E-state index in [0.717, 1.165) is 24.3 Å². The van der Waals surface area contributed by atoms with Crippen molar-refractivity contribution in [3.8, 4) is 11.5 Å². The number of carbonyl (C=O) groups is 1. The van der Waals surface area contributed by atoms with Crippen LogP contribution in [0.25, 0.3) is 0 Å². The zero-order chi connectivity index (χ0) is 21.3. The molecule has 2 rings (SSSR count). The Hall–Kier alpha value is -2.49. The zero-order valence-corrected chi connectivity index (χ0v) is 18.5. The highest BCUT2D eigenvalue weighted by Crippen LogP contribution is 2.25. The fourth-order valence-corrected chi connectivity index (χ4v) is 3.13. The first-order chi connectivity index (χ1) is 13.8. The van der Waals surface area contributed by atoms with Crippen molar-refractivity contribution in [2.24, 2.45) is 0 Å². The molecule has 0 fully saturated rings. The minimum absolute atomic E-state index is 0.0644. The summed E-state index contributed by atoms with van der Waals surface area (Å²) in [4.78, 5) is 12.5. The summed E-state index contributed by atoms with van der Waals surface area (Å²) in [5.74, 6) is 1.59. The van der Waals surface area contributed by atoms with E-state index in [1.165, 1.54) is 11.1 Å². The lowest BCUT2D eigenvalue weighted by Gasteiger charge is -2.21. The third-order valence-electron chi connectivity index (χ3n) is 4.86. The molecule has 0 bridgehead atoms. The highest BCUT2D eigenvalue weighted by atomic mass is 16.5. The van der Waals surface area contributed by atoms with Crippen molar-refractivity contribution in [1.29, 1.82) is 0 Å². The van der Waals surface area contributed by atoms with Crippen LogP contribution in [0.4, 0.5) is 0 Å². The van der Waals surface area contributed by atoms with Gasteiger partial charge in [0.25, 0.3) is 5.91 Å². The monoisotopic (exact) mass is 397 g/mol. The van der Waals surface area contributed by atoms with Crippen molar-refractivity contribution in [2.75, 3.05) is 13.2 Å². The van der Waals surface area contributed by atoms with Crippen LogP contribution >= 0.6 is 0 Å². The average Bonchev–Trinajstić information content (AvgIpc) is 2.70. The van der Waals surface area contributed by atoms with Gasteiger partial charge in [-0.1, -0.05) is 58.0 Å². The molecule has 1 N–H and O–H groups in total. The van der Waals surface area contributed by atoms with Crippen molar-refractivity contribution >= 4 is 5.91 Å². The first kappa shape index (κ1) is 22.8. The summed E-state index contributed by atoms with van der Waals surface area (Å²) in [6, 6.07) is 16.1. The van der Waals surface area contributed by atoms with Gasteiger partial charge in [0.05, 0.1) is 6.61 Å². The molecule has 0 saturated carbocycles. The van der Waals surface area contributed by atoms with E-state index in [1.54, 1.807) is 0 Å². The summed E-state index contributed by atoms with van der Waals surface area (Å²) in [7, 11) is 0. The summed E-state index contributed by atoms with van der Waals surface area (Å²) in [5.41, 5.74) is 2.52. The van der Waals surface area contributed by atoms with E-state index in [4.69, 9.17) is 9.47 Å². The van der Waals surface area contributed by atoms with Crippen LogP contribution in [0.2, 0.25) is 0 Å². The number of hydrogen-bond acceptors (Lipinski definition) is 3. The van der Waals surface area contributed by atoms with Crippen LogP contribution in [-0.2, 0) is 16.6 Å². The minimum atomic E-state index is -0.480. The maximum Gasteiger partial charge on any atom is 0.261 e. The van der Waals surface area contributed by atoms with Crippen LogP contribution in [0.3, 0.4) is 0 Å². The van der Waals surface area contributed by atoms with Crippen LogP contribution < -0.4 is 14.8 Å². The predicted molar refractivity (Wildman–Crippen MR) is 119 cm³/mol. The van der Waals surface area contributed by atoms with E-state index in [0.29, 0.717) is 19.6 Å². The first-order valence-corrected chi connectivity index (χ1v) is 10.6. The third-order valence-corrected chi connectivity index (χ3v) is 4.86. The van der Waals surface area contributed by atoms with Gasteiger partial charge in [-0.05, 0) is 60.9 Å². The standard InChI is InChI=1S/C25H35NO3/c1-6-22(29-21-16-14-20(15-17-21)25(3,4)5)24(27)26-18-10-12-19-11-8-9-13-23(19)28-7-2/h8-9,11,13-17,22H,6-7,10,12,18H2,1-5H3,(H,26,27). The van der Waals surface area contributed by atoms with Crippen molar-refractivity contribution in [2.45, 2.75) is 65.4 Å². The Morgan fingerprint density at radius 2 is 1.72 bits per heavy atom. The SMILES string of the molecule is CCOc1ccccc1CCCNC(=O)C(CC)Oc1ccc(C(C)(C)C)cc1. The molecule has 0 heterocycles. The molecule has 1 atom stereocenters. The van der Waals surface area contributed by atoms with Gasteiger partial charge in [0.15, 0.2) is 6.10 Å². The van der Waals surface area contributed by atoms with Gasteiger partial charge in [0, 0.05) is 6.54 Å². The van der Waals surface area contributed by atoms with Crippen molar-refractivity contribution in [3.63, 3.8) is 0 Å². The number of carbonyl (C=O) groups excluding carboxylic acids is 1. The molecule has 2 aromatic rings. The molecule has 29 heavy (non-hydrogen) atoms. The highest BCUT2D eigenvalue weighted by molar-refractivity contribution is 5.81. The Morgan fingerprint density at radius 3 is 2.34 bits per heavy atom. The predicted octanol–water partition coefficient (Wildman–Crippen LogP) is 5.29.